The van der Waals surface area contributed by atoms with Crippen molar-refractivity contribution < 1.29 is 9.53 Å². The zero-order valence-electron chi connectivity index (χ0n) is 14.1. The lowest BCUT2D eigenvalue weighted by Crippen LogP contribution is -2.30. The van der Waals surface area contributed by atoms with Crippen LogP contribution in [0.3, 0.4) is 0 Å². The molecule has 0 saturated heterocycles. The Balaban J connectivity index is 1.47. The summed E-state index contributed by atoms with van der Waals surface area (Å²) in [4.78, 5) is 17.7. The molecule has 0 aliphatic rings. The molecule has 4 nitrogen and oxygen atoms in total. The minimum Gasteiger partial charge on any atom is -0.481 e. The molecule has 0 unspecified atom stereocenters. The van der Waals surface area contributed by atoms with Gasteiger partial charge in [0.2, 0.25) is 0 Å². The molecule has 1 heterocycles. The van der Waals surface area contributed by atoms with Crippen LogP contribution in [-0.2, 0) is 4.79 Å². The molecule has 0 aliphatic carbocycles. The third-order valence-corrected chi connectivity index (χ3v) is 4.63. The first-order chi connectivity index (χ1) is 12.2. The van der Waals surface area contributed by atoms with Gasteiger partial charge in [0, 0.05) is 28.3 Å². The summed E-state index contributed by atoms with van der Waals surface area (Å²) in [7, 11) is 0. The van der Waals surface area contributed by atoms with E-state index in [4.69, 9.17) is 4.74 Å². The van der Waals surface area contributed by atoms with Gasteiger partial charge in [0.1, 0.15) is 11.3 Å². The van der Waals surface area contributed by atoms with E-state index in [1.807, 2.05) is 55.5 Å². The molecule has 1 aromatic heterocycles. The van der Waals surface area contributed by atoms with Crippen LogP contribution in [-0.4, -0.2) is 29.8 Å². The first-order valence-electron chi connectivity index (χ1n) is 8.16. The van der Waals surface area contributed by atoms with Gasteiger partial charge in [0.15, 0.2) is 6.61 Å². The lowest BCUT2D eigenvalue weighted by molar-refractivity contribution is -0.122. The number of rotatable bonds is 7. The number of aryl methyl sites for hydroxylation is 1. The van der Waals surface area contributed by atoms with Gasteiger partial charge in [-0.05, 0) is 31.2 Å². The molecule has 0 radical (unpaired) electrons. The Labute approximate surface area is 151 Å². The summed E-state index contributed by atoms with van der Waals surface area (Å²) >= 11 is 1.71. The number of carbonyl (C=O) groups is 1. The van der Waals surface area contributed by atoms with Gasteiger partial charge in [0.25, 0.3) is 5.91 Å². The summed E-state index contributed by atoms with van der Waals surface area (Å²) in [6.07, 6.45) is 0. The topological polar surface area (TPSA) is 51.2 Å². The average Bonchev–Trinajstić information content (AvgIpc) is 2.64. The number of carbonyl (C=O) groups excluding carboxylic acids is 1. The highest BCUT2D eigenvalue weighted by molar-refractivity contribution is 7.99. The maximum absolute atomic E-state index is 12.0. The zero-order chi connectivity index (χ0) is 17.5. The number of hydrogen-bond donors (Lipinski definition) is 1. The molecule has 0 atom stereocenters. The molecule has 1 amide bonds. The van der Waals surface area contributed by atoms with Gasteiger partial charge in [-0.25, -0.2) is 4.98 Å². The average molecular weight is 352 g/mol. The Morgan fingerprint density at radius 3 is 2.76 bits per heavy atom. The van der Waals surface area contributed by atoms with E-state index in [0.29, 0.717) is 12.3 Å². The van der Waals surface area contributed by atoms with Crippen molar-refractivity contribution in [2.24, 2.45) is 0 Å². The van der Waals surface area contributed by atoms with Crippen molar-refractivity contribution in [3.63, 3.8) is 0 Å². The Morgan fingerprint density at radius 1 is 1.08 bits per heavy atom. The van der Waals surface area contributed by atoms with Crippen molar-refractivity contribution in [3.05, 3.63) is 66.4 Å². The number of amides is 1. The van der Waals surface area contributed by atoms with Gasteiger partial charge >= 0.3 is 0 Å². The summed E-state index contributed by atoms with van der Waals surface area (Å²) in [5, 5.41) is 3.88. The van der Waals surface area contributed by atoms with Gasteiger partial charge < -0.3 is 10.1 Å². The van der Waals surface area contributed by atoms with Gasteiger partial charge in [-0.3, -0.25) is 4.79 Å². The maximum Gasteiger partial charge on any atom is 0.257 e. The number of fused-ring (bicyclic) bond motifs is 1. The van der Waals surface area contributed by atoms with Crippen molar-refractivity contribution in [1.82, 2.24) is 10.3 Å². The first kappa shape index (κ1) is 17.3. The van der Waals surface area contributed by atoms with E-state index >= 15 is 0 Å². The second kappa shape index (κ2) is 8.53. The van der Waals surface area contributed by atoms with Crippen molar-refractivity contribution >= 4 is 28.6 Å². The summed E-state index contributed by atoms with van der Waals surface area (Å²) in [6.45, 7) is 2.53. The lowest BCUT2D eigenvalue weighted by Gasteiger charge is -2.09. The van der Waals surface area contributed by atoms with E-state index in [1.54, 1.807) is 11.8 Å². The number of pyridine rings is 1. The number of thioether (sulfide) groups is 1. The van der Waals surface area contributed by atoms with E-state index < -0.39 is 0 Å². The highest BCUT2D eigenvalue weighted by Crippen LogP contribution is 2.23. The first-order valence-corrected chi connectivity index (χ1v) is 9.15. The minimum atomic E-state index is -0.127. The predicted octanol–water partition coefficient (Wildman–Crippen LogP) is 3.83. The van der Waals surface area contributed by atoms with E-state index in [-0.39, 0.29) is 12.5 Å². The van der Waals surface area contributed by atoms with Crippen LogP contribution in [0.5, 0.6) is 5.75 Å². The van der Waals surface area contributed by atoms with Crippen LogP contribution in [0.15, 0.2) is 65.6 Å². The number of nitrogens with zero attached hydrogens (tertiary/aromatic N) is 1. The monoisotopic (exact) mass is 352 g/mol. The van der Waals surface area contributed by atoms with E-state index in [1.165, 1.54) is 4.90 Å². The Hall–Kier alpha value is -2.53. The van der Waals surface area contributed by atoms with E-state index in [2.05, 4.69) is 22.4 Å². The van der Waals surface area contributed by atoms with Crippen molar-refractivity contribution in [3.8, 4) is 5.75 Å². The third-order valence-electron chi connectivity index (χ3n) is 3.62. The highest BCUT2D eigenvalue weighted by atomic mass is 32.2. The zero-order valence-corrected chi connectivity index (χ0v) is 14.9. The minimum absolute atomic E-state index is 0.00919. The highest BCUT2D eigenvalue weighted by Gasteiger charge is 2.07. The predicted molar refractivity (Wildman–Crippen MR) is 102 cm³/mol. The SMILES string of the molecule is Cc1ccc2cccc(OCC(=O)NCCSc3ccccc3)c2n1. The molecule has 0 spiro atoms. The molecule has 25 heavy (non-hydrogen) atoms. The Kier molecular flexibility index (Phi) is 5.90. The molecule has 3 rings (SSSR count). The van der Waals surface area contributed by atoms with Crippen LogP contribution in [0, 0.1) is 6.92 Å². The number of hydrogen-bond acceptors (Lipinski definition) is 4. The molecule has 128 valence electrons. The number of nitrogens with one attached hydrogen (secondary N) is 1. The smallest absolute Gasteiger partial charge is 0.257 e. The van der Waals surface area contributed by atoms with Gasteiger partial charge in [0.05, 0.1) is 0 Å². The quantitative estimate of drug-likeness (QED) is 0.519. The normalized spacial score (nSPS) is 10.6. The second-order valence-corrected chi connectivity index (χ2v) is 6.75. The molecular weight excluding hydrogens is 332 g/mol. The third kappa shape index (κ3) is 4.97. The second-order valence-electron chi connectivity index (χ2n) is 5.58. The van der Waals surface area contributed by atoms with Gasteiger partial charge in [-0.15, -0.1) is 11.8 Å². The molecular formula is C20H20N2O2S. The van der Waals surface area contributed by atoms with Crippen LogP contribution in [0.4, 0.5) is 0 Å². The summed E-state index contributed by atoms with van der Waals surface area (Å²) in [5.41, 5.74) is 1.71. The van der Waals surface area contributed by atoms with Crippen molar-refractivity contribution in [2.45, 2.75) is 11.8 Å². The number of benzene rings is 2. The number of aromatic nitrogens is 1. The van der Waals surface area contributed by atoms with Crippen LogP contribution in [0.2, 0.25) is 0 Å². The van der Waals surface area contributed by atoms with Crippen LogP contribution in [0.25, 0.3) is 10.9 Å². The Morgan fingerprint density at radius 2 is 1.92 bits per heavy atom. The summed E-state index contributed by atoms with van der Waals surface area (Å²) in [5.74, 6) is 1.33. The van der Waals surface area contributed by atoms with E-state index in [9.17, 15) is 4.79 Å². The largest absolute Gasteiger partial charge is 0.481 e. The van der Waals surface area contributed by atoms with Crippen LogP contribution < -0.4 is 10.1 Å². The summed E-state index contributed by atoms with van der Waals surface area (Å²) < 4.78 is 5.67. The Bertz CT molecular complexity index is 853. The van der Waals surface area contributed by atoms with Crippen LogP contribution in [0.1, 0.15) is 5.69 Å². The molecule has 0 saturated carbocycles. The molecule has 5 heteroatoms. The molecule has 3 aromatic rings. The van der Waals surface area contributed by atoms with Crippen molar-refractivity contribution in [1.29, 1.82) is 0 Å². The molecule has 0 fully saturated rings. The van der Waals surface area contributed by atoms with E-state index in [0.717, 1.165) is 22.3 Å². The number of para-hydroxylation sites is 1. The fourth-order valence-electron chi connectivity index (χ4n) is 2.40. The molecule has 2 aromatic carbocycles. The molecule has 0 bridgehead atoms. The van der Waals surface area contributed by atoms with Crippen molar-refractivity contribution in [2.75, 3.05) is 18.9 Å². The lowest BCUT2D eigenvalue weighted by atomic mass is 10.2. The molecule has 1 N–H and O–H groups in total. The van der Waals surface area contributed by atoms with Crippen LogP contribution >= 0.6 is 11.8 Å². The van der Waals surface area contributed by atoms with Gasteiger partial charge in [-0.1, -0.05) is 36.4 Å². The standard InChI is InChI=1S/C20H20N2O2S/c1-15-10-11-16-6-5-9-18(20(16)22-15)24-14-19(23)21-12-13-25-17-7-3-2-4-8-17/h2-11H,12-14H2,1H3,(H,21,23). The maximum atomic E-state index is 12.0. The fraction of sp³-hybridized carbons (Fsp3) is 0.200. The number of ether oxygens (including phenoxy) is 1. The fourth-order valence-corrected chi connectivity index (χ4v) is 3.19. The van der Waals surface area contributed by atoms with Gasteiger partial charge in [-0.2, -0.15) is 0 Å². The summed E-state index contributed by atoms with van der Waals surface area (Å²) in [6, 6.07) is 19.8. The molecule has 0 aliphatic heterocycles.